The molecule has 21 heavy (non-hydrogen) atoms. The molecule has 8 heteroatoms. The summed E-state index contributed by atoms with van der Waals surface area (Å²) in [7, 11) is 0. The molecule has 1 atom stereocenters. The number of urea groups is 1. The number of alkyl halides is 1. The summed E-state index contributed by atoms with van der Waals surface area (Å²) in [5, 5.41) is 21.7. The summed E-state index contributed by atoms with van der Waals surface area (Å²) in [6.45, 7) is 7.29. The molecule has 1 unspecified atom stereocenters. The number of unbranched alkanes of at least 4 members (excludes halogenated alkanes) is 1. The van der Waals surface area contributed by atoms with Crippen molar-refractivity contribution in [2.75, 3.05) is 5.88 Å². The van der Waals surface area contributed by atoms with Crippen molar-refractivity contribution in [3.8, 4) is 0 Å². The number of hydrogen-bond donors (Lipinski definition) is 4. The molecule has 0 saturated carbocycles. The molecule has 0 heterocycles. The van der Waals surface area contributed by atoms with Crippen LogP contribution in [0.1, 0.15) is 47.0 Å². The molecule has 0 aromatic carbocycles. The fourth-order valence-electron chi connectivity index (χ4n) is 1.04. The van der Waals surface area contributed by atoms with E-state index in [1.165, 1.54) is 6.42 Å². The molecule has 4 N–H and O–H groups in total. The lowest BCUT2D eigenvalue weighted by molar-refractivity contribution is -0.145. The third kappa shape index (κ3) is 16.4. The van der Waals surface area contributed by atoms with E-state index in [2.05, 4.69) is 17.6 Å². The Morgan fingerprint density at radius 1 is 1.19 bits per heavy atom. The second-order valence-electron chi connectivity index (χ2n) is 5.38. The van der Waals surface area contributed by atoms with Gasteiger partial charge in [-0.2, -0.15) is 0 Å². The normalized spacial score (nSPS) is 11.7. The van der Waals surface area contributed by atoms with Crippen LogP contribution in [0.3, 0.4) is 0 Å². The lowest BCUT2D eigenvalue weighted by Gasteiger charge is -2.22. The molecule has 0 aromatic rings. The van der Waals surface area contributed by atoms with Crippen molar-refractivity contribution in [1.82, 2.24) is 10.6 Å². The number of carbonyl (C=O) groups is 3. The molecule has 0 spiro atoms. The maximum absolute atomic E-state index is 11.3. The largest absolute Gasteiger partial charge is 0.481 e. The average Bonchev–Trinajstić information content (AvgIpc) is 2.26. The van der Waals surface area contributed by atoms with Crippen LogP contribution in [0, 0.1) is 0 Å². The van der Waals surface area contributed by atoms with E-state index in [9.17, 15) is 14.4 Å². The Kier molecular flexibility index (Phi) is 11.6. The smallest absolute Gasteiger partial charge is 0.326 e. The van der Waals surface area contributed by atoms with Gasteiger partial charge in [-0.15, -0.1) is 11.6 Å². The number of nitrogens with one attached hydrogen (secondary N) is 2. The second-order valence-corrected chi connectivity index (χ2v) is 5.76. The molecule has 0 aliphatic carbocycles. The summed E-state index contributed by atoms with van der Waals surface area (Å²) < 4.78 is 0. The molecule has 2 amide bonds. The topological polar surface area (TPSA) is 116 Å². The van der Waals surface area contributed by atoms with Gasteiger partial charge in [-0.3, -0.25) is 4.79 Å². The van der Waals surface area contributed by atoms with Crippen molar-refractivity contribution in [2.45, 2.75) is 58.5 Å². The second kappa shape index (κ2) is 11.2. The average molecular weight is 325 g/mol. The van der Waals surface area contributed by atoms with Crippen molar-refractivity contribution in [3.05, 3.63) is 0 Å². The van der Waals surface area contributed by atoms with E-state index in [1.807, 2.05) is 0 Å². The highest BCUT2D eigenvalue weighted by molar-refractivity contribution is 6.17. The number of carboxylic acid groups (broad SMARTS) is 2. The van der Waals surface area contributed by atoms with Gasteiger partial charge in [0.1, 0.15) is 6.04 Å². The van der Waals surface area contributed by atoms with Gasteiger partial charge in [0.25, 0.3) is 0 Å². The Morgan fingerprint density at radius 2 is 1.71 bits per heavy atom. The molecular weight excluding hydrogens is 300 g/mol. The highest BCUT2D eigenvalue weighted by Crippen LogP contribution is 1.99. The van der Waals surface area contributed by atoms with Gasteiger partial charge >= 0.3 is 18.0 Å². The Bertz CT molecular complexity index is 340. The maximum atomic E-state index is 11.3. The molecule has 0 rings (SSSR count). The highest BCUT2D eigenvalue weighted by atomic mass is 35.5. The monoisotopic (exact) mass is 324 g/mol. The lowest BCUT2D eigenvalue weighted by atomic mass is 10.1. The number of aliphatic carboxylic acids is 2. The Balaban J connectivity index is 0. The first-order chi connectivity index (χ1) is 9.53. The molecular formula is C13H25ClN2O5. The van der Waals surface area contributed by atoms with Crippen LogP contribution in [0.2, 0.25) is 0 Å². The summed E-state index contributed by atoms with van der Waals surface area (Å²) in [5.74, 6) is -1.86. The van der Waals surface area contributed by atoms with Crippen LogP contribution in [0.5, 0.6) is 0 Å². The van der Waals surface area contributed by atoms with Crippen LogP contribution >= 0.6 is 11.6 Å². The predicted octanol–water partition coefficient (Wildman–Crippen LogP) is 2.04. The van der Waals surface area contributed by atoms with Crippen molar-refractivity contribution in [1.29, 1.82) is 0 Å². The number of rotatable bonds is 6. The Morgan fingerprint density at radius 3 is 1.95 bits per heavy atom. The number of amides is 2. The summed E-state index contributed by atoms with van der Waals surface area (Å²) in [4.78, 5) is 32.3. The van der Waals surface area contributed by atoms with Crippen LogP contribution < -0.4 is 10.6 Å². The summed E-state index contributed by atoms with van der Waals surface area (Å²) >= 11 is 5.30. The quantitative estimate of drug-likeness (QED) is 0.558. The summed E-state index contributed by atoms with van der Waals surface area (Å²) in [5.41, 5.74) is -0.517. The maximum Gasteiger partial charge on any atom is 0.326 e. The fourth-order valence-corrected chi connectivity index (χ4v) is 1.31. The highest BCUT2D eigenvalue weighted by Gasteiger charge is 2.24. The standard InChI is InChI=1S/C9H16N2O5.C4H9Cl/c1-9(2,3)11-8(16)10-5(7(14)15)4-6(12)13;1-2-3-4-5/h5H,4H2,1-3H3,(H,12,13)(H,14,15)(H2,10,11,16);2-4H2,1H3. The van der Waals surface area contributed by atoms with Crippen molar-refractivity contribution >= 4 is 29.6 Å². The zero-order valence-corrected chi connectivity index (χ0v) is 13.7. The van der Waals surface area contributed by atoms with E-state index in [0.29, 0.717) is 0 Å². The van der Waals surface area contributed by atoms with Gasteiger partial charge in [-0.05, 0) is 27.2 Å². The third-order valence-electron chi connectivity index (χ3n) is 1.96. The zero-order chi connectivity index (χ0) is 17.1. The molecule has 0 aliphatic heterocycles. The van der Waals surface area contributed by atoms with E-state index < -0.39 is 36.0 Å². The lowest BCUT2D eigenvalue weighted by Crippen LogP contribution is -2.52. The van der Waals surface area contributed by atoms with Gasteiger partial charge in [0.05, 0.1) is 6.42 Å². The SMILES string of the molecule is CC(C)(C)NC(=O)NC(CC(=O)O)C(=O)O.CCCCCl. The van der Waals surface area contributed by atoms with Gasteiger partial charge in [0.15, 0.2) is 0 Å². The first-order valence-electron chi connectivity index (χ1n) is 6.62. The van der Waals surface area contributed by atoms with E-state index in [1.54, 1.807) is 20.8 Å². The molecule has 0 fully saturated rings. The van der Waals surface area contributed by atoms with E-state index >= 15 is 0 Å². The minimum atomic E-state index is -1.43. The third-order valence-corrected chi connectivity index (χ3v) is 2.23. The van der Waals surface area contributed by atoms with E-state index in [4.69, 9.17) is 21.8 Å². The minimum absolute atomic E-state index is 0.517. The van der Waals surface area contributed by atoms with Crippen LogP contribution in [0.25, 0.3) is 0 Å². The van der Waals surface area contributed by atoms with E-state index in [-0.39, 0.29) is 0 Å². The summed E-state index contributed by atoms with van der Waals surface area (Å²) in [6.07, 6.45) is 1.71. The van der Waals surface area contributed by atoms with Gasteiger partial charge in [-0.25, -0.2) is 9.59 Å². The molecule has 7 nitrogen and oxygen atoms in total. The molecule has 0 radical (unpaired) electrons. The van der Waals surface area contributed by atoms with Crippen molar-refractivity contribution in [2.24, 2.45) is 0 Å². The van der Waals surface area contributed by atoms with Crippen LogP contribution in [0.15, 0.2) is 0 Å². The van der Waals surface area contributed by atoms with Gasteiger partial charge < -0.3 is 20.8 Å². The van der Waals surface area contributed by atoms with Crippen LogP contribution in [-0.2, 0) is 9.59 Å². The molecule has 0 bridgehead atoms. The Labute approximate surface area is 130 Å². The number of halogens is 1. The molecule has 0 aromatic heterocycles. The first-order valence-corrected chi connectivity index (χ1v) is 7.16. The molecule has 0 aliphatic rings. The van der Waals surface area contributed by atoms with Gasteiger partial charge in [0.2, 0.25) is 0 Å². The van der Waals surface area contributed by atoms with Gasteiger partial charge in [-0.1, -0.05) is 13.3 Å². The van der Waals surface area contributed by atoms with Crippen molar-refractivity contribution in [3.63, 3.8) is 0 Å². The van der Waals surface area contributed by atoms with Crippen LogP contribution in [-0.4, -0.2) is 45.6 Å². The zero-order valence-electron chi connectivity index (χ0n) is 12.9. The van der Waals surface area contributed by atoms with E-state index in [0.717, 1.165) is 12.3 Å². The number of carbonyl (C=O) groups excluding carboxylic acids is 1. The van der Waals surface area contributed by atoms with Crippen molar-refractivity contribution < 1.29 is 24.6 Å². The predicted molar refractivity (Wildman–Crippen MR) is 80.7 cm³/mol. The van der Waals surface area contributed by atoms with Gasteiger partial charge in [0, 0.05) is 11.4 Å². The first kappa shape index (κ1) is 21.8. The number of carboxylic acids is 2. The summed E-state index contributed by atoms with van der Waals surface area (Å²) in [6, 6.07) is -2.14. The molecule has 0 saturated heterocycles. The minimum Gasteiger partial charge on any atom is -0.481 e. The van der Waals surface area contributed by atoms with Crippen LogP contribution in [0.4, 0.5) is 4.79 Å². The number of hydrogen-bond acceptors (Lipinski definition) is 3. The fraction of sp³-hybridized carbons (Fsp3) is 0.769. The molecule has 124 valence electrons. The Hall–Kier alpha value is -1.50.